The Hall–Kier alpha value is -2.33. The van der Waals surface area contributed by atoms with Gasteiger partial charge in [0.15, 0.2) is 5.78 Å². The highest BCUT2D eigenvalue weighted by molar-refractivity contribution is 5.90. The maximum atomic E-state index is 12.9. The van der Waals surface area contributed by atoms with E-state index in [0.717, 1.165) is 41.9 Å². The summed E-state index contributed by atoms with van der Waals surface area (Å²) in [6.07, 6.45) is 3.48. The van der Waals surface area contributed by atoms with Crippen LogP contribution in [0.15, 0.2) is 48.5 Å². The molecular weight excluding hydrogens is 314 g/mol. The van der Waals surface area contributed by atoms with Crippen LogP contribution in [0.4, 0.5) is 0 Å². The van der Waals surface area contributed by atoms with Crippen molar-refractivity contribution >= 4 is 5.78 Å². The van der Waals surface area contributed by atoms with Crippen LogP contribution in [0, 0.1) is 0 Å². The number of carbonyl (C=O) groups is 1. The summed E-state index contributed by atoms with van der Waals surface area (Å²) in [5.74, 6) is 1.91. The van der Waals surface area contributed by atoms with Gasteiger partial charge in [0.1, 0.15) is 17.0 Å². The number of hydrogen-bond acceptors (Lipinski definition) is 4. The highest BCUT2D eigenvalue weighted by Gasteiger charge is 2.40. The number of hydrogen-bond donors (Lipinski definition) is 1. The van der Waals surface area contributed by atoms with Gasteiger partial charge in [0.25, 0.3) is 0 Å². The lowest BCUT2D eigenvalue weighted by Crippen LogP contribution is -2.50. The largest absolute Gasteiger partial charge is 0.497 e. The van der Waals surface area contributed by atoms with Crippen molar-refractivity contribution in [1.29, 1.82) is 0 Å². The fourth-order valence-electron chi connectivity index (χ4n) is 3.49. The Balaban J connectivity index is 1.84. The SMILES string of the molecule is COc1ccc(CNC2(c3ccc(OC)cc3)CCCCC2=O)cc1. The van der Waals surface area contributed by atoms with Gasteiger partial charge in [0.05, 0.1) is 14.2 Å². The molecule has 1 aliphatic carbocycles. The summed E-state index contributed by atoms with van der Waals surface area (Å²) in [5.41, 5.74) is 1.54. The van der Waals surface area contributed by atoms with Crippen LogP contribution in [-0.2, 0) is 16.9 Å². The molecule has 0 bridgehead atoms. The third-order valence-electron chi connectivity index (χ3n) is 5.02. The van der Waals surface area contributed by atoms with E-state index in [1.165, 1.54) is 0 Å². The summed E-state index contributed by atoms with van der Waals surface area (Å²) in [6.45, 7) is 0.641. The molecular formula is C21H25NO3. The Morgan fingerprint density at radius 2 is 1.52 bits per heavy atom. The minimum Gasteiger partial charge on any atom is -0.497 e. The molecule has 0 radical (unpaired) electrons. The fourth-order valence-corrected chi connectivity index (χ4v) is 3.49. The molecule has 0 saturated heterocycles. The van der Waals surface area contributed by atoms with Crippen LogP contribution in [0.1, 0.15) is 36.8 Å². The van der Waals surface area contributed by atoms with Crippen molar-refractivity contribution in [1.82, 2.24) is 5.32 Å². The summed E-state index contributed by atoms with van der Waals surface area (Å²) >= 11 is 0. The van der Waals surface area contributed by atoms with Gasteiger partial charge in [-0.05, 0) is 48.2 Å². The van der Waals surface area contributed by atoms with E-state index in [4.69, 9.17) is 9.47 Å². The van der Waals surface area contributed by atoms with Crippen LogP contribution >= 0.6 is 0 Å². The van der Waals surface area contributed by atoms with Gasteiger partial charge in [-0.25, -0.2) is 0 Å². The third kappa shape index (κ3) is 3.69. The van der Waals surface area contributed by atoms with Crippen LogP contribution in [0.2, 0.25) is 0 Å². The van der Waals surface area contributed by atoms with Crippen molar-refractivity contribution in [3.8, 4) is 11.5 Å². The molecule has 4 nitrogen and oxygen atoms in total. The number of carbonyl (C=O) groups excluding carboxylic acids is 1. The molecule has 0 amide bonds. The first-order valence-corrected chi connectivity index (χ1v) is 8.74. The molecule has 1 saturated carbocycles. The van der Waals surface area contributed by atoms with Gasteiger partial charge < -0.3 is 9.47 Å². The van der Waals surface area contributed by atoms with Crippen LogP contribution in [0.5, 0.6) is 11.5 Å². The van der Waals surface area contributed by atoms with E-state index in [1.54, 1.807) is 14.2 Å². The number of ether oxygens (including phenoxy) is 2. The van der Waals surface area contributed by atoms with Crippen molar-refractivity contribution in [3.05, 3.63) is 59.7 Å². The zero-order chi connectivity index (χ0) is 17.7. The first-order chi connectivity index (χ1) is 12.2. The Morgan fingerprint density at radius 1 is 0.920 bits per heavy atom. The Morgan fingerprint density at radius 3 is 2.08 bits per heavy atom. The molecule has 2 aromatic rings. The lowest BCUT2D eigenvalue weighted by Gasteiger charge is -2.37. The average Bonchev–Trinajstić information content (AvgIpc) is 2.68. The molecule has 3 rings (SSSR count). The number of methoxy groups -OCH3 is 2. The molecule has 132 valence electrons. The van der Waals surface area contributed by atoms with Crippen molar-refractivity contribution in [2.75, 3.05) is 14.2 Å². The Kier molecular flexibility index (Phi) is 5.39. The van der Waals surface area contributed by atoms with Gasteiger partial charge in [-0.2, -0.15) is 0 Å². The topological polar surface area (TPSA) is 47.6 Å². The van der Waals surface area contributed by atoms with Gasteiger partial charge in [-0.3, -0.25) is 10.1 Å². The Bertz CT molecular complexity index is 709. The van der Waals surface area contributed by atoms with Crippen LogP contribution in [0.3, 0.4) is 0 Å². The predicted octanol–water partition coefficient (Wildman–Crippen LogP) is 3.83. The molecule has 1 N–H and O–H groups in total. The van der Waals surface area contributed by atoms with Gasteiger partial charge in [-0.1, -0.05) is 30.7 Å². The molecule has 1 aliphatic rings. The summed E-state index contributed by atoms with van der Waals surface area (Å²) < 4.78 is 10.5. The zero-order valence-electron chi connectivity index (χ0n) is 14.9. The highest BCUT2D eigenvalue weighted by atomic mass is 16.5. The van der Waals surface area contributed by atoms with Crippen LogP contribution in [-0.4, -0.2) is 20.0 Å². The lowest BCUT2D eigenvalue weighted by atomic mass is 9.75. The number of ketones is 1. The number of nitrogens with one attached hydrogen (secondary N) is 1. The summed E-state index contributed by atoms with van der Waals surface area (Å²) in [5, 5.41) is 3.56. The zero-order valence-corrected chi connectivity index (χ0v) is 14.9. The molecule has 25 heavy (non-hydrogen) atoms. The molecule has 1 unspecified atom stereocenters. The molecule has 0 heterocycles. The van der Waals surface area contributed by atoms with Gasteiger partial charge >= 0.3 is 0 Å². The maximum Gasteiger partial charge on any atom is 0.157 e. The van der Waals surface area contributed by atoms with Crippen LogP contribution < -0.4 is 14.8 Å². The quantitative estimate of drug-likeness (QED) is 0.869. The van der Waals surface area contributed by atoms with Gasteiger partial charge in [-0.15, -0.1) is 0 Å². The monoisotopic (exact) mass is 339 g/mol. The number of benzene rings is 2. The molecule has 1 fully saturated rings. The summed E-state index contributed by atoms with van der Waals surface area (Å²) in [7, 11) is 3.31. The maximum absolute atomic E-state index is 12.9. The number of rotatable bonds is 6. The second-order valence-corrected chi connectivity index (χ2v) is 6.47. The Labute approximate surface area is 149 Å². The summed E-state index contributed by atoms with van der Waals surface area (Å²) in [4.78, 5) is 12.9. The molecule has 1 atom stereocenters. The van der Waals surface area contributed by atoms with Crippen LogP contribution in [0.25, 0.3) is 0 Å². The third-order valence-corrected chi connectivity index (χ3v) is 5.02. The second kappa shape index (κ2) is 7.70. The molecule has 2 aromatic carbocycles. The van der Waals surface area contributed by atoms with E-state index in [9.17, 15) is 4.79 Å². The van der Waals surface area contributed by atoms with E-state index < -0.39 is 5.54 Å². The first kappa shape index (κ1) is 17.5. The molecule has 0 aromatic heterocycles. The average molecular weight is 339 g/mol. The van der Waals surface area contributed by atoms with Gasteiger partial charge in [0.2, 0.25) is 0 Å². The molecule has 0 aliphatic heterocycles. The van der Waals surface area contributed by atoms with Crippen molar-refractivity contribution in [2.24, 2.45) is 0 Å². The summed E-state index contributed by atoms with van der Waals surface area (Å²) in [6, 6.07) is 15.8. The molecule has 4 heteroatoms. The van der Waals surface area contributed by atoms with Crippen molar-refractivity contribution in [2.45, 2.75) is 37.8 Å². The standard InChI is InChI=1S/C21H25NO3/c1-24-18-10-6-16(7-11-18)15-22-21(14-4-3-5-20(21)23)17-8-12-19(25-2)13-9-17/h6-13,22H,3-5,14-15H2,1-2H3. The fraction of sp³-hybridized carbons (Fsp3) is 0.381. The highest BCUT2D eigenvalue weighted by Crippen LogP contribution is 2.35. The first-order valence-electron chi connectivity index (χ1n) is 8.74. The van der Waals surface area contributed by atoms with E-state index in [0.29, 0.717) is 13.0 Å². The van der Waals surface area contributed by atoms with Crippen molar-refractivity contribution in [3.63, 3.8) is 0 Å². The van der Waals surface area contributed by atoms with Crippen molar-refractivity contribution < 1.29 is 14.3 Å². The van der Waals surface area contributed by atoms with E-state index in [2.05, 4.69) is 5.32 Å². The number of Topliss-reactive ketones (excluding diaryl/α,β-unsaturated/α-hetero) is 1. The van der Waals surface area contributed by atoms with E-state index >= 15 is 0 Å². The smallest absolute Gasteiger partial charge is 0.157 e. The minimum absolute atomic E-state index is 0.275. The van der Waals surface area contributed by atoms with E-state index in [-0.39, 0.29) is 5.78 Å². The second-order valence-electron chi connectivity index (χ2n) is 6.47. The van der Waals surface area contributed by atoms with E-state index in [1.807, 2.05) is 48.5 Å². The normalized spacial score (nSPS) is 20.3. The molecule has 0 spiro atoms. The van der Waals surface area contributed by atoms with Gasteiger partial charge in [0, 0.05) is 13.0 Å². The lowest BCUT2D eigenvalue weighted by molar-refractivity contribution is -0.128. The minimum atomic E-state index is -0.607. The predicted molar refractivity (Wildman–Crippen MR) is 98.0 cm³/mol.